The third-order valence-electron chi connectivity index (χ3n) is 8.92. The quantitative estimate of drug-likeness (QED) is 0.401. The van der Waals surface area contributed by atoms with Crippen LogP contribution >= 0.6 is 0 Å². The Labute approximate surface area is 226 Å². The highest BCUT2D eigenvalue weighted by Gasteiger charge is 2.27. The van der Waals surface area contributed by atoms with E-state index in [1.807, 2.05) is 0 Å². The van der Waals surface area contributed by atoms with Gasteiger partial charge in [-0.05, 0) is 124 Å². The normalized spacial score (nSPS) is 24.4. The van der Waals surface area contributed by atoms with E-state index in [0.29, 0.717) is 11.8 Å². The highest BCUT2D eigenvalue weighted by Crippen LogP contribution is 2.42. The molecule has 0 aromatic heterocycles. The fourth-order valence-electron chi connectivity index (χ4n) is 6.98. The van der Waals surface area contributed by atoms with E-state index in [1.165, 1.54) is 49.1 Å². The molecule has 2 aromatic rings. The van der Waals surface area contributed by atoms with Crippen LogP contribution in [0.3, 0.4) is 0 Å². The molecule has 0 bridgehead atoms. The molecule has 0 saturated carbocycles. The Morgan fingerprint density at radius 1 is 0.684 bits per heavy atom. The van der Waals surface area contributed by atoms with Gasteiger partial charge < -0.3 is 0 Å². The molecule has 7 rings (SSSR count). The molecule has 0 amide bonds. The van der Waals surface area contributed by atoms with Crippen molar-refractivity contribution in [3.63, 3.8) is 0 Å². The number of allylic oxidation sites excluding steroid dienone is 16. The first kappa shape index (κ1) is 23.5. The first-order valence-corrected chi connectivity index (χ1v) is 14.6. The van der Waals surface area contributed by atoms with Crippen molar-refractivity contribution in [1.29, 1.82) is 0 Å². The van der Waals surface area contributed by atoms with Crippen molar-refractivity contribution in [2.45, 2.75) is 51.4 Å². The molecule has 2 atom stereocenters. The molecule has 38 heavy (non-hydrogen) atoms. The molecule has 0 fully saturated rings. The van der Waals surface area contributed by atoms with Gasteiger partial charge in [0.25, 0.3) is 0 Å². The van der Waals surface area contributed by atoms with Crippen molar-refractivity contribution in [3.8, 4) is 0 Å². The molecule has 5 aliphatic rings. The van der Waals surface area contributed by atoms with Gasteiger partial charge in [-0.1, -0.05) is 103 Å². The lowest BCUT2D eigenvalue weighted by molar-refractivity contribution is 0.472. The van der Waals surface area contributed by atoms with E-state index in [1.54, 1.807) is 5.57 Å². The zero-order valence-corrected chi connectivity index (χ0v) is 22.2. The average Bonchev–Trinajstić information content (AvgIpc) is 3.00. The molecule has 2 unspecified atom stereocenters. The number of benzene rings is 2. The topological polar surface area (TPSA) is 0 Å². The summed E-state index contributed by atoms with van der Waals surface area (Å²) in [5.41, 5.74) is 8.89. The van der Waals surface area contributed by atoms with E-state index in [-0.39, 0.29) is 0 Å². The monoisotopic (exact) mass is 492 g/mol. The van der Waals surface area contributed by atoms with Crippen molar-refractivity contribution >= 4 is 28.5 Å². The van der Waals surface area contributed by atoms with Crippen LogP contribution in [0.15, 0.2) is 119 Å². The summed E-state index contributed by atoms with van der Waals surface area (Å²) in [6, 6.07) is 11.4. The van der Waals surface area contributed by atoms with Gasteiger partial charge in [-0.15, -0.1) is 0 Å². The summed E-state index contributed by atoms with van der Waals surface area (Å²) in [6.07, 6.45) is 40.4. The first-order chi connectivity index (χ1) is 18.8. The summed E-state index contributed by atoms with van der Waals surface area (Å²) in [5.74, 6) is 1.01. The Morgan fingerprint density at radius 3 is 2.45 bits per heavy atom. The molecule has 0 heterocycles. The molecule has 0 nitrogen and oxygen atoms in total. The predicted octanol–water partition coefficient (Wildman–Crippen LogP) is 8.58. The molecule has 0 heteroatoms. The summed E-state index contributed by atoms with van der Waals surface area (Å²) < 4.78 is 0. The largest absolute Gasteiger partial charge is 0.0842 e. The van der Waals surface area contributed by atoms with E-state index in [9.17, 15) is 0 Å². The molecule has 2 aromatic carbocycles. The fourth-order valence-corrected chi connectivity index (χ4v) is 6.98. The van der Waals surface area contributed by atoms with Gasteiger partial charge >= 0.3 is 0 Å². The second-order valence-corrected chi connectivity index (χ2v) is 11.4. The standard InChI is InChI=1S/C38H36/c1-3-12-27(13-4-1)33-24-34(28-14-5-2-6-15-28)26-35(25-33)29-18-11-19-32(22-29)38-36-20-9-7-16-30(36)23-31-17-8-10-21-37(31)38/h1,3,5,7,9,11-12,14-21,23-24,26,29,35H,2,4,6,8,10,13,22,25H2. The van der Waals surface area contributed by atoms with Crippen molar-refractivity contribution in [2.24, 2.45) is 11.8 Å². The van der Waals surface area contributed by atoms with Gasteiger partial charge in [-0.3, -0.25) is 0 Å². The van der Waals surface area contributed by atoms with Gasteiger partial charge in [0.05, 0.1) is 0 Å². The summed E-state index contributed by atoms with van der Waals surface area (Å²) in [7, 11) is 0. The Bertz CT molecular complexity index is 1650. The third-order valence-corrected chi connectivity index (χ3v) is 8.92. The zero-order chi connectivity index (χ0) is 25.3. The number of hydrogen-bond acceptors (Lipinski definition) is 0. The van der Waals surface area contributed by atoms with E-state index in [0.717, 1.165) is 51.4 Å². The van der Waals surface area contributed by atoms with Gasteiger partial charge in [-0.2, -0.15) is 0 Å². The van der Waals surface area contributed by atoms with Crippen molar-refractivity contribution in [1.82, 2.24) is 0 Å². The minimum Gasteiger partial charge on any atom is -0.0842 e. The van der Waals surface area contributed by atoms with Gasteiger partial charge in [0, 0.05) is 0 Å². The number of hydrogen-bond donors (Lipinski definition) is 0. The first-order valence-electron chi connectivity index (χ1n) is 14.6. The smallest absolute Gasteiger partial charge is 0.00704 e. The Morgan fingerprint density at radius 2 is 1.55 bits per heavy atom. The maximum Gasteiger partial charge on any atom is -0.00704 e. The van der Waals surface area contributed by atoms with Crippen LogP contribution in [0, 0.1) is 11.8 Å². The van der Waals surface area contributed by atoms with Crippen LogP contribution in [0.4, 0.5) is 0 Å². The fraction of sp³-hybridized carbons (Fsp3) is 0.263. The van der Waals surface area contributed by atoms with Crippen molar-refractivity contribution < 1.29 is 0 Å². The second kappa shape index (κ2) is 10.3. The predicted molar refractivity (Wildman–Crippen MR) is 164 cm³/mol. The molecule has 188 valence electrons. The summed E-state index contributed by atoms with van der Waals surface area (Å²) in [5, 5.41) is 5.62. The summed E-state index contributed by atoms with van der Waals surface area (Å²) in [6.45, 7) is 0. The molecule has 0 N–H and O–H groups in total. The minimum atomic E-state index is 0.504. The molecule has 0 saturated heterocycles. The molecule has 0 radical (unpaired) electrons. The van der Waals surface area contributed by atoms with Crippen molar-refractivity contribution in [3.05, 3.63) is 135 Å². The highest BCUT2D eigenvalue weighted by molar-refractivity contribution is 5.95. The number of fused-ring (bicyclic) bond motifs is 2. The molecular weight excluding hydrogens is 456 g/mol. The molecule has 0 aliphatic heterocycles. The van der Waals surface area contributed by atoms with E-state index < -0.39 is 0 Å². The van der Waals surface area contributed by atoms with Crippen LogP contribution in [-0.4, -0.2) is 0 Å². The average molecular weight is 493 g/mol. The lowest BCUT2D eigenvalue weighted by Gasteiger charge is -2.31. The van der Waals surface area contributed by atoms with E-state index in [4.69, 9.17) is 0 Å². The van der Waals surface area contributed by atoms with E-state index >= 15 is 0 Å². The molecule has 0 spiro atoms. The lowest BCUT2D eigenvalue weighted by atomic mass is 9.73. The maximum absolute atomic E-state index is 2.60. The Balaban J connectivity index is 1.27. The molecule has 5 aliphatic carbocycles. The number of rotatable bonds is 4. The van der Waals surface area contributed by atoms with Crippen LogP contribution in [0.25, 0.3) is 28.5 Å². The Kier molecular flexibility index (Phi) is 6.34. The highest BCUT2D eigenvalue weighted by atomic mass is 14.3. The minimum absolute atomic E-state index is 0.504. The third kappa shape index (κ3) is 4.47. The molecular formula is C38H36. The summed E-state index contributed by atoms with van der Waals surface area (Å²) >= 11 is 0. The van der Waals surface area contributed by atoms with Crippen LogP contribution in [0.5, 0.6) is 0 Å². The maximum atomic E-state index is 2.60. The van der Waals surface area contributed by atoms with E-state index in [2.05, 4.69) is 109 Å². The second-order valence-electron chi connectivity index (χ2n) is 11.4. The summed E-state index contributed by atoms with van der Waals surface area (Å²) in [4.78, 5) is 0. The van der Waals surface area contributed by atoms with Crippen LogP contribution in [0.1, 0.15) is 56.9 Å². The van der Waals surface area contributed by atoms with Crippen LogP contribution in [-0.2, 0) is 0 Å². The van der Waals surface area contributed by atoms with Gasteiger partial charge in [0.1, 0.15) is 0 Å². The zero-order valence-electron chi connectivity index (χ0n) is 22.2. The SMILES string of the molecule is C1=CCCC(C2=CC(C3=CCCC=C3)=CC(C3C=CC=C(c4c5c(cc6ccccc46)=CCCC=5)C3)C2)=C1. The Hall–Kier alpha value is -3.64. The van der Waals surface area contributed by atoms with Crippen LogP contribution in [0.2, 0.25) is 0 Å². The van der Waals surface area contributed by atoms with Gasteiger partial charge in [-0.25, -0.2) is 0 Å². The van der Waals surface area contributed by atoms with Crippen LogP contribution < -0.4 is 10.4 Å². The van der Waals surface area contributed by atoms with Gasteiger partial charge in [0.2, 0.25) is 0 Å². The lowest BCUT2D eigenvalue weighted by Crippen LogP contribution is -2.31. The van der Waals surface area contributed by atoms with Gasteiger partial charge in [0.15, 0.2) is 0 Å². The van der Waals surface area contributed by atoms with Crippen molar-refractivity contribution in [2.75, 3.05) is 0 Å².